The molecule has 2 rings (SSSR count). The zero-order valence-electron chi connectivity index (χ0n) is 14.4. The van der Waals surface area contributed by atoms with Crippen molar-refractivity contribution in [2.24, 2.45) is 0 Å². The van der Waals surface area contributed by atoms with Gasteiger partial charge in [0.2, 0.25) is 0 Å². The first-order chi connectivity index (χ1) is 11.4. The molecule has 0 unspecified atom stereocenters. The number of hydrogen-bond donors (Lipinski definition) is 3. The van der Waals surface area contributed by atoms with Crippen LogP contribution in [0.25, 0.3) is 0 Å². The molecule has 0 aromatic heterocycles. The Hall–Kier alpha value is -1.14. The highest BCUT2D eigenvalue weighted by atomic mass is 16.5. The van der Waals surface area contributed by atoms with Gasteiger partial charge in [-0.15, -0.1) is 0 Å². The maximum Gasteiger partial charge on any atom is 0.119 e. The van der Waals surface area contributed by atoms with Crippen molar-refractivity contribution >= 4 is 0 Å². The normalized spacial score (nSPS) is 15.7. The van der Waals surface area contributed by atoms with Gasteiger partial charge in [0.1, 0.15) is 5.75 Å². The maximum absolute atomic E-state index is 5.84. The van der Waals surface area contributed by atoms with E-state index in [2.05, 4.69) is 45.3 Å². The van der Waals surface area contributed by atoms with Crippen LogP contribution in [0.3, 0.4) is 0 Å². The smallest absolute Gasteiger partial charge is 0.119 e. The molecule has 0 radical (unpaired) electrons. The summed E-state index contributed by atoms with van der Waals surface area (Å²) in [5.41, 5.74) is 7.26. The van der Waals surface area contributed by atoms with Crippen molar-refractivity contribution in [1.82, 2.24) is 21.1 Å². The number of benzene rings is 1. The molecular formula is C18H32N4O. The monoisotopic (exact) mass is 320 g/mol. The van der Waals surface area contributed by atoms with Gasteiger partial charge in [-0.05, 0) is 57.1 Å². The van der Waals surface area contributed by atoms with E-state index in [-0.39, 0.29) is 0 Å². The molecular weight excluding hydrogens is 288 g/mol. The topological polar surface area (TPSA) is 48.6 Å². The van der Waals surface area contributed by atoms with Crippen molar-refractivity contribution in [2.45, 2.75) is 32.2 Å². The van der Waals surface area contributed by atoms with Gasteiger partial charge in [-0.2, -0.15) is 0 Å². The standard InChI is InChI=1S/C18H32N4O/c1-19-21-11-10-20-16-17-6-8-18(9-7-17)23-15-5-14-22-12-3-2-4-13-22/h6-9,19-21H,2-5,10-16H2,1H3. The second kappa shape index (κ2) is 11.4. The van der Waals surface area contributed by atoms with Gasteiger partial charge < -0.3 is 15.0 Å². The first-order valence-corrected chi connectivity index (χ1v) is 8.93. The molecule has 0 atom stereocenters. The lowest BCUT2D eigenvalue weighted by Gasteiger charge is -2.26. The summed E-state index contributed by atoms with van der Waals surface area (Å²) in [6, 6.07) is 8.42. The summed E-state index contributed by atoms with van der Waals surface area (Å²) in [4.78, 5) is 2.56. The summed E-state index contributed by atoms with van der Waals surface area (Å²) in [5.74, 6) is 0.976. The average molecular weight is 320 g/mol. The zero-order valence-corrected chi connectivity index (χ0v) is 14.4. The number of likely N-dealkylation sites (tertiary alicyclic amines) is 1. The molecule has 1 aromatic carbocycles. The minimum atomic E-state index is 0.809. The van der Waals surface area contributed by atoms with Crippen LogP contribution in [0.4, 0.5) is 0 Å². The minimum Gasteiger partial charge on any atom is -0.494 e. The highest BCUT2D eigenvalue weighted by Crippen LogP contribution is 2.13. The van der Waals surface area contributed by atoms with Gasteiger partial charge in [-0.1, -0.05) is 18.6 Å². The Morgan fingerprint density at radius 1 is 1.04 bits per heavy atom. The number of nitrogens with zero attached hydrogens (tertiary/aromatic N) is 1. The lowest BCUT2D eigenvalue weighted by Crippen LogP contribution is -2.34. The fourth-order valence-corrected chi connectivity index (χ4v) is 2.87. The molecule has 1 aliphatic rings. The van der Waals surface area contributed by atoms with Crippen LogP contribution in [0, 0.1) is 0 Å². The molecule has 5 nitrogen and oxygen atoms in total. The van der Waals surface area contributed by atoms with Gasteiger partial charge in [0.15, 0.2) is 0 Å². The SMILES string of the molecule is CNNCCNCc1ccc(OCCCN2CCCCC2)cc1. The second-order valence-corrected chi connectivity index (χ2v) is 6.10. The van der Waals surface area contributed by atoms with Gasteiger partial charge in [-0.3, -0.25) is 10.9 Å². The minimum absolute atomic E-state index is 0.809. The third kappa shape index (κ3) is 7.79. The molecule has 3 N–H and O–H groups in total. The quantitative estimate of drug-likeness (QED) is 0.428. The molecule has 5 heteroatoms. The number of piperidine rings is 1. The maximum atomic E-state index is 5.84. The number of hydrogen-bond acceptors (Lipinski definition) is 5. The van der Waals surface area contributed by atoms with E-state index in [0.717, 1.165) is 38.4 Å². The Morgan fingerprint density at radius 2 is 1.83 bits per heavy atom. The van der Waals surface area contributed by atoms with Crippen molar-refractivity contribution in [1.29, 1.82) is 0 Å². The van der Waals surface area contributed by atoms with E-state index in [1.807, 2.05) is 7.05 Å². The molecule has 0 saturated carbocycles. The number of nitrogens with one attached hydrogen (secondary N) is 3. The molecule has 0 spiro atoms. The largest absolute Gasteiger partial charge is 0.494 e. The summed E-state index contributed by atoms with van der Waals surface area (Å²) in [5, 5.41) is 3.40. The van der Waals surface area contributed by atoms with Crippen molar-refractivity contribution in [3.05, 3.63) is 29.8 Å². The van der Waals surface area contributed by atoms with Crippen molar-refractivity contribution in [3.8, 4) is 5.75 Å². The van der Waals surface area contributed by atoms with Gasteiger partial charge in [-0.25, -0.2) is 0 Å². The third-order valence-corrected chi connectivity index (χ3v) is 4.19. The van der Waals surface area contributed by atoms with E-state index in [1.54, 1.807) is 0 Å². The lowest BCUT2D eigenvalue weighted by molar-refractivity contribution is 0.205. The van der Waals surface area contributed by atoms with E-state index >= 15 is 0 Å². The van der Waals surface area contributed by atoms with Crippen LogP contribution in [0.5, 0.6) is 5.75 Å². The van der Waals surface area contributed by atoms with Gasteiger partial charge >= 0.3 is 0 Å². The fraction of sp³-hybridized carbons (Fsp3) is 0.667. The van der Waals surface area contributed by atoms with Crippen LogP contribution in [-0.4, -0.2) is 51.3 Å². The molecule has 1 heterocycles. The number of hydrazine groups is 1. The second-order valence-electron chi connectivity index (χ2n) is 6.10. The van der Waals surface area contributed by atoms with Crippen LogP contribution < -0.4 is 20.9 Å². The molecule has 1 saturated heterocycles. The van der Waals surface area contributed by atoms with Crippen LogP contribution in [0.1, 0.15) is 31.2 Å². The van der Waals surface area contributed by atoms with Gasteiger partial charge in [0.25, 0.3) is 0 Å². The summed E-state index contributed by atoms with van der Waals surface area (Å²) in [6.45, 7) is 7.26. The van der Waals surface area contributed by atoms with Crippen LogP contribution >= 0.6 is 0 Å². The van der Waals surface area contributed by atoms with Crippen molar-refractivity contribution in [2.75, 3.05) is 46.4 Å². The molecule has 130 valence electrons. The Morgan fingerprint density at radius 3 is 2.57 bits per heavy atom. The molecule has 0 bridgehead atoms. The van der Waals surface area contributed by atoms with Crippen molar-refractivity contribution in [3.63, 3.8) is 0 Å². The first kappa shape index (κ1) is 18.2. The van der Waals surface area contributed by atoms with Gasteiger partial charge in [0, 0.05) is 26.2 Å². The van der Waals surface area contributed by atoms with E-state index in [9.17, 15) is 0 Å². The Balaban J connectivity index is 1.55. The lowest BCUT2D eigenvalue weighted by atomic mass is 10.1. The molecule has 0 amide bonds. The van der Waals surface area contributed by atoms with E-state index in [0.29, 0.717) is 0 Å². The van der Waals surface area contributed by atoms with E-state index < -0.39 is 0 Å². The van der Waals surface area contributed by atoms with Crippen molar-refractivity contribution < 1.29 is 4.74 Å². The average Bonchev–Trinajstić information content (AvgIpc) is 2.61. The summed E-state index contributed by atoms with van der Waals surface area (Å²) >= 11 is 0. The molecule has 1 aromatic rings. The summed E-state index contributed by atoms with van der Waals surface area (Å²) in [6.07, 6.45) is 5.24. The van der Waals surface area contributed by atoms with Crippen LogP contribution in [-0.2, 0) is 6.54 Å². The number of rotatable bonds is 11. The predicted octanol–water partition coefficient (Wildman–Crippen LogP) is 1.76. The highest BCUT2D eigenvalue weighted by Gasteiger charge is 2.08. The summed E-state index contributed by atoms with van der Waals surface area (Å²) in [7, 11) is 1.88. The number of ether oxygens (including phenoxy) is 1. The third-order valence-electron chi connectivity index (χ3n) is 4.19. The Kier molecular flexibility index (Phi) is 9.03. The summed E-state index contributed by atoms with van der Waals surface area (Å²) < 4.78 is 5.84. The first-order valence-electron chi connectivity index (χ1n) is 8.93. The van der Waals surface area contributed by atoms with Crippen LogP contribution in [0.15, 0.2) is 24.3 Å². The highest BCUT2D eigenvalue weighted by molar-refractivity contribution is 5.27. The molecule has 1 fully saturated rings. The van der Waals surface area contributed by atoms with E-state index in [1.165, 1.54) is 44.5 Å². The van der Waals surface area contributed by atoms with E-state index in [4.69, 9.17) is 4.74 Å². The Bertz CT molecular complexity index is 404. The molecule has 1 aliphatic heterocycles. The van der Waals surface area contributed by atoms with Crippen LogP contribution in [0.2, 0.25) is 0 Å². The molecule has 23 heavy (non-hydrogen) atoms. The Labute approximate surface area is 140 Å². The predicted molar refractivity (Wildman–Crippen MR) is 95.6 cm³/mol. The molecule has 0 aliphatic carbocycles. The van der Waals surface area contributed by atoms with Gasteiger partial charge in [0.05, 0.1) is 6.61 Å². The zero-order chi connectivity index (χ0) is 16.2. The fourth-order valence-electron chi connectivity index (χ4n) is 2.87.